The fraction of sp³-hybridized carbons (Fsp3) is 0.278. The number of pyridine rings is 1. The average molecular weight is 322 g/mol. The number of aryl methyl sites for hydroxylation is 1. The molecule has 2 heterocycles. The van der Waals surface area contributed by atoms with E-state index < -0.39 is 5.82 Å². The lowest BCUT2D eigenvalue weighted by Crippen LogP contribution is -2.22. The Balaban J connectivity index is 1.98. The van der Waals surface area contributed by atoms with Crippen molar-refractivity contribution in [2.75, 3.05) is 0 Å². The van der Waals surface area contributed by atoms with Gasteiger partial charge in [-0.3, -0.25) is 14.1 Å². The minimum atomic E-state index is -0.494. The van der Waals surface area contributed by atoms with Gasteiger partial charge < -0.3 is 0 Å². The third-order valence-corrected chi connectivity index (χ3v) is 4.61. The molecule has 0 aliphatic heterocycles. The van der Waals surface area contributed by atoms with Crippen LogP contribution in [0.5, 0.6) is 0 Å². The topological polar surface area (TPSA) is 63.6 Å². The highest BCUT2D eigenvalue weighted by molar-refractivity contribution is 5.85. The summed E-state index contributed by atoms with van der Waals surface area (Å²) in [4.78, 5) is 16.5. The van der Waals surface area contributed by atoms with E-state index in [1.54, 1.807) is 29.8 Å². The van der Waals surface area contributed by atoms with Crippen LogP contribution in [-0.2, 0) is 13.6 Å². The molecule has 6 heteroatoms. The number of imidazole rings is 1. The molecule has 0 radical (unpaired) electrons. The summed E-state index contributed by atoms with van der Waals surface area (Å²) in [5, 5.41) is 9.23. The number of fused-ring (bicyclic) bond motifs is 1. The maximum Gasteiger partial charge on any atom is 0.328 e. The van der Waals surface area contributed by atoms with Crippen molar-refractivity contribution < 1.29 is 4.39 Å². The standard InChI is InChI=1S/C18H15FN4O/c1-22-17-15(23(18(22)24)10-11-2-3-11)5-4-13(16(17)19)14-9-21-7-6-12(14)8-20/h4-7,9,11H,2-3,10H2,1H3. The molecule has 0 saturated heterocycles. The summed E-state index contributed by atoms with van der Waals surface area (Å²) in [7, 11) is 1.58. The molecule has 5 nitrogen and oxygen atoms in total. The van der Waals surface area contributed by atoms with Gasteiger partial charge in [-0.1, -0.05) is 0 Å². The molecular formula is C18H15FN4O. The highest BCUT2D eigenvalue weighted by Gasteiger charge is 2.26. The Morgan fingerprint density at radius 2 is 2.12 bits per heavy atom. The van der Waals surface area contributed by atoms with Gasteiger partial charge in [0.1, 0.15) is 5.52 Å². The Bertz CT molecular complexity index is 1050. The maximum absolute atomic E-state index is 15.2. The van der Waals surface area contributed by atoms with E-state index in [1.165, 1.54) is 17.0 Å². The average Bonchev–Trinajstić information content (AvgIpc) is 3.38. The van der Waals surface area contributed by atoms with Crippen molar-refractivity contribution in [3.63, 3.8) is 0 Å². The first-order valence-electron chi connectivity index (χ1n) is 7.84. The predicted octanol–water partition coefficient (Wildman–Crippen LogP) is 2.82. The summed E-state index contributed by atoms with van der Waals surface area (Å²) >= 11 is 0. The summed E-state index contributed by atoms with van der Waals surface area (Å²) in [6.07, 6.45) is 5.21. The van der Waals surface area contributed by atoms with Crippen molar-refractivity contribution in [1.29, 1.82) is 5.26 Å². The molecule has 0 atom stereocenters. The zero-order valence-electron chi connectivity index (χ0n) is 13.2. The smallest absolute Gasteiger partial charge is 0.292 e. The Morgan fingerprint density at radius 1 is 1.33 bits per heavy atom. The van der Waals surface area contributed by atoms with Crippen LogP contribution in [0.15, 0.2) is 35.4 Å². The lowest BCUT2D eigenvalue weighted by molar-refractivity contribution is 0.607. The maximum atomic E-state index is 15.2. The van der Waals surface area contributed by atoms with Crippen LogP contribution in [0.2, 0.25) is 0 Å². The number of rotatable bonds is 3. The number of nitriles is 1. The zero-order valence-corrected chi connectivity index (χ0v) is 13.2. The Kier molecular flexibility index (Phi) is 3.24. The van der Waals surface area contributed by atoms with Crippen LogP contribution in [0.1, 0.15) is 18.4 Å². The van der Waals surface area contributed by atoms with Crippen LogP contribution in [0, 0.1) is 23.1 Å². The van der Waals surface area contributed by atoms with Crippen molar-refractivity contribution in [3.8, 4) is 17.2 Å². The number of halogens is 1. The molecule has 1 aliphatic carbocycles. The molecule has 120 valence electrons. The first-order valence-corrected chi connectivity index (χ1v) is 7.84. The quantitative estimate of drug-likeness (QED) is 0.745. The monoisotopic (exact) mass is 322 g/mol. The van der Waals surface area contributed by atoms with E-state index in [9.17, 15) is 10.1 Å². The molecule has 0 N–H and O–H groups in total. The van der Waals surface area contributed by atoms with Crippen LogP contribution < -0.4 is 5.69 Å². The van der Waals surface area contributed by atoms with Crippen molar-refractivity contribution in [2.45, 2.75) is 19.4 Å². The Labute approximate surface area is 137 Å². The molecule has 0 spiro atoms. The van der Waals surface area contributed by atoms with E-state index in [0.29, 0.717) is 29.1 Å². The van der Waals surface area contributed by atoms with Gasteiger partial charge in [-0.15, -0.1) is 0 Å². The molecule has 2 aromatic heterocycles. The van der Waals surface area contributed by atoms with E-state index in [2.05, 4.69) is 11.1 Å². The van der Waals surface area contributed by atoms with E-state index in [0.717, 1.165) is 12.8 Å². The predicted molar refractivity (Wildman–Crippen MR) is 87.8 cm³/mol. The summed E-state index contributed by atoms with van der Waals surface area (Å²) in [5.74, 6) is 0.0192. The molecule has 0 amide bonds. The number of benzene rings is 1. The highest BCUT2D eigenvalue weighted by atomic mass is 19.1. The third kappa shape index (κ3) is 2.13. The second-order valence-corrected chi connectivity index (χ2v) is 6.22. The van der Waals surface area contributed by atoms with E-state index in [4.69, 9.17) is 0 Å². The van der Waals surface area contributed by atoms with Crippen LogP contribution in [0.25, 0.3) is 22.2 Å². The van der Waals surface area contributed by atoms with Crippen LogP contribution in [0.3, 0.4) is 0 Å². The van der Waals surface area contributed by atoms with Gasteiger partial charge >= 0.3 is 5.69 Å². The Hall–Kier alpha value is -2.94. The van der Waals surface area contributed by atoms with Gasteiger partial charge in [-0.05, 0) is 37.0 Å². The molecule has 0 unspecified atom stereocenters. The van der Waals surface area contributed by atoms with Crippen LogP contribution >= 0.6 is 0 Å². The molecule has 0 bridgehead atoms. The minimum Gasteiger partial charge on any atom is -0.292 e. The molecule has 1 saturated carbocycles. The van der Waals surface area contributed by atoms with Gasteiger partial charge in [0.05, 0.1) is 17.1 Å². The number of hydrogen-bond acceptors (Lipinski definition) is 3. The van der Waals surface area contributed by atoms with Crippen molar-refractivity contribution >= 4 is 11.0 Å². The van der Waals surface area contributed by atoms with E-state index in [1.807, 2.05) is 0 Å². The SMILES string of the molecule is Cn1c(=O)n(CC2CC2)c2ccc(-c3cnccc3C#N)c(F)c21. The van der Waals surface area contributed by atoms with Gasteiger partial charge in [0.15, 0.2) is 5.82 Å². The molecule has 1 aromatic carbocycles. The fourth-order valence-corrected chi connectivity index (χ4v) is 3.12. The molecule has 3 aromatic rings. The molecule has 4 rings (SSSR count). The minimum absolute atomic E-state index is 0.209. The first kappa shape index (κ1) is 14.6. The lowest BCUT2D eigenvalue weighted by Gasteiger charge is -2.07. The highest BCUT2D eigenvalue weighted by Crippen LogP contribution is 2.33. The number of hydrogen-bond donors (Lipinski definition) is 0. The normalized spacial score (nSPS) is 14.0. The largest absolute Gasteiger partial charge is 0.328 e. The van der Waals surface area contributed by atoms with Gasteiger partial charge in [-0.25, -0.2) is 9.18 Å². The first-order chi connectivity index (χ1) is 11.6. The van der Waals surface area contributed by atoms with Crippen LogP contribution in [-0.4, -0.2) is 14.1 Å². The number of nitrogens with zero attached hydrogens (tertiary/aromatic N) is 4. The lowest BCUT2D eigenvalue weighted by atomic mass is 10.0. The van der Waals surface area contributed by atoms with Gasteiger partial charge in [0.2, 0.25) is 0 Å². The van der Waals surface area contributed by atoms with Crippen molar-refractivity contribution in [2.24, 2.45) is 13.0 Å². The fourth-order valence-electron chi connectivity index (χ4n) is 3.12. The Morgan fingerprint density at radius 3 is 2.83 bits per heavy atom. The molecular weight excluding hydrogens is 307 g/mol. The summed E-state index contributed by atoms with van der Waals surface area (Å²) in [5.41, 5.74) is 1.72. The second kappa shape index (κ2) is 5.31. The van der Waals surface area contributed by atoms with Gasteiger partial charge in [0.25, 0.3) is 0 Å². The van der Waals surface area contributed by atoms with Gasteiger partial charge in [0, 0.05) is 37.1 Å². The van der Waals surface area contributed by atoms with Gasteiger partial charge in [-0.2, -0.15) is 5.26 Å². The third-order valence-electron chi connectivity index (χ3n) is 4.61. The van der Waals surface area contributed by atoms with Crippen molar-refractivity contribution in [1.82, 2.24) is 14.1 Å². The molecule has 1 aliphatic rings. The van der Waals surface area contributed by atoms with Crippen LogP contribution in [0.4, 0.5) is 4.39 Å². The zero-order chi connectivity index (χ0) is 16.8. The van der Waals surface area contributed by atoms with Crippen molar-refractivity contribution in [3.05, 3.63) is 52.5 Å². The van der Waals surface area contributed by atoms with E-state index >= 15 is 4.39 Å². The second-order valence-electron chi connectivity index (χ2n) is 6.22. The molecule has 24 heavy (non-hydrogen) atoms. The molecule has 1 fully saturated rings. The summed E-state index contributed by atoms with van der Waals surface area (Å²) in [6.45, 7) is 0.630. The number of aromatic nitrogens is 3. The summed E-state index contributed by atoms with van der Waals surface area (Å²) < 4.78 is 18.2. The van der Waals surface area contributed by atoms with E-state index in [-0.39, 0.29) is 16.8 Å². The summed E-state index contributed by atoms with van der Waals surface area (Å²) in [6, 6.07) is 6.99.